The SMILES string of the molecule is COc1cc2c(Cl)c(-c3ccccc3)c(=O)n(C)c2cc1OC. The van der Waals surface area contributed by atoms with Gasteiger partial charge in [-0.2, -0.15) is 0 Å². The number of halogens is 1. The lowest BCUT2D eigenvalue weighted by atomic mass is 10.0. The standard InChI is InChI=1S/C18H16ClNO3/c1-20-13-10-15(23-3)14(22-2)9-12(13)17(19)16(18(20)21)11-7-5-4-6-8-11/h4-10H,1-3H3. The van der Waals surface area contributed by atoms with Gasteiger partial charge in [0.15, 0.2) is 11.5 Å². The summed E-state index contributed by atoms with van der Waals surface area (Å²) in [4.78, 5) is 12.8. The Hall–Kier alpha value is -2.46. The van der Waals surface area contributed by atoms with Crippen LogP contribution in [-0.4, -0.2) is 18.8 Å². The van der Waals surface area contributed by atoms with Crippen LogP contribution in [-0.2, 0) is 7.05 Å². The molecule has 0 spiro atoms. The number of hydrogen-bond acceptors (Lipinski definition) is 3. The van der Waals surface area contributed by atoms with Crippen molar-refractivity contribution >= 4 is 22.5 Å². The van der Waals surface area contributed by atoms with Crippen molar-refractivity contribution in [3.63, 3.8) is 0 Å². The summed E-state index contributed by atoms with van der Waals surface area (Å²) in [6.45, 7) is 0. The average molecular weight is 330 g/mol. The number of aromatic nitrogens is 1. The van der Waals surface area contributed by atoms with Crippen LogP contribution in [0.2, 0.25) is 5.02 Å². The Morgan fingerprint density at radius 3 is 2.22 bits per heavy atom. The Morgan fingerprint density at radius 1 is 1.00 bits per heavy atom. The fraction of sp³-hybridized carbons (Fsp3) is 0.167. The number of methoxy groups -OCH3 is 2. The average Bonchev–Trinajstić information content (AvgIpc) is 2.59. The van der Waals surface area contributed by atoms with Crippen molar-refractivity contribution in [1.29, 1.82) is 0 Å². The Morgan fingerprint density at radius 2 is 1.61 bits per heavy atom. The van der Waals surface area contributed by atoms with Gasteiger partial charge in [-0.25, -0.2) is 0 Å². The predicted molar refractivity (Wildman–Crippen MR) is 92.7 cm³/mol. The molecule has 0 bridgehead atoms. The third-order valence-corrected chi connectivity index (χ3v) is 4.29. The second kappa shape index (κ2) is 5.97. The summed E-state index contributed by atoms with van der Waals surface area (Å²) in [6, 6.07) is 13.0. The normalized spacial score (nSPS) is 10.8. The summed E-state index contributed by atoms with van der Waals surface area (Å²) in [7, 11) is 4.85. The molecule has 1 aromatic heterocycles. The first-order valence-electron chi connectivity index (χ1n) is 7.08. The van der Waals surface area contributed by atoms with Crippen molar-refractivity contribution in [1.82, 2.24) is 4.57 Å². The van der Waals surface area contributed by atoms with E-state index in [0.717, 1.165) is 10.9 Å². The molecule has 1 heterocycles. The van der Waals surface area contributed by atoms with Gasteiger partial charge in [0.25, 0.3) is 5.56 Å². The van der Waals surface area contributed by atoms with Gasteiger partial charge < -0.3 is 14.0 Å². The molecule has 0 amide bonds. The highest BCUT2D eigenvalue weighted by molar-refractivity contribution is 6.38. The van der Waals surface area contributed by atoms with Crippen molar-refractivity contribution in [3.05, 3.63) is 57.8 Å². The highest BCUT2D eigenvalue weighted by Crippen LogP contribution is 2.37. The molecule has 0 aliphatic heterocycles. The summed E-state index contributed by atoms with van der Waals surface area (Å²) in [6.07, 6.45) is 0. The topological polar surface area (TPSA) is 40.5 Å². The molecule has 4 nitrogen and oxygen atoms in total. The molecule has 5 heteroatoms. The lowest BCUT2D eigenvalue weighted by Crippen LogP contribution is -2.19. The molecule has 0 radical (unpaired) electrons. The summed E-state index contributed by atoms with van der Waals surface area (Å²) >= 11 is 6.57. The molecule has 3 rings (SSSR count). The van der Waals surface area contributed by atoms with Gasteiger partial charge in [-0.15, -0.1) is 0 Å². The molecule has 0 saturated heterocycles. The molecular formula is C18H16ClNO3. The summed E-state index contributed by atoms with van der Waals surface area (Å²) < 4.78 is 12.2. The number of aryl methyl sites for hydroxylation is 1. The summed E-state index contributed by atoms with van der Waals surface area (Å²) in [5, 5.41) is 1.15. The molecule has 23 heavy (non-hydrogen) atoms. The molecule has 118 valence electrons. The molecule has 0 saturated carbocycles. The third-order valence-electron chi connectivity index (χ3n) is 3.90. The molecule has 0 unspecified atom stereocenters. The predicted octanol–water partition coefficient (Wildman–Crippen LogP) is 3.88. The molecule has 0 N–H and O–H groups in total. The first-order valence-corrected chi connectivity index (χ1v) is 7.46. The van der Waals surface area contributed by atoms with Crippen LogP contribution in [0, 0.1) is 0 Å². The van der Waals surface area contributed by atoms with Crippen LogP contribution in [0.25, 0.3) is 22.0 Å². The van der Waals surface area contributed by atoms with Crippen molar-refractivity contribution in [2.45, 2.75) is 0 Å². The Balaban J connectivity index is 2.44. The fourth-order valence-electron chi connectivity index (χ4n) is 2.68. The zero-order valence-electron chi connectivity index (χ0n) is 13.1. The molecule has 2 aromatic carbocycles. The van der Waals surface area contributed by atoms with E-state index in [1.54, 1.807) is 38.0 Å². The first-order chi connectivity index (χ1) is 11.1. The molecule has 0 fully saturated rings. The zero-order chi connectivity index (χ0) is 16.6. The van der Waals surface area contributed by atoms with E-state index in [9.17, 15) is 4.79 Å². The largest absolute Gasteiger partial charge is 0.493 e. The van der Waals surface area contributed by atoms with Crippen LogP contribution in [0.3, 0.4) is 0 Å². The molecule has 3 aromatic rings. The van der Waals surface area contributed by atoms with Gasteiger partial charge in [-0.05, 0) is 11.6 Å². The Kier molecular flexibility index (Phi) is 4.01. The molecular weight excluding hydrogens is 314 g/mol. The van der Waals surface area contributed by atoms with Crippen LogP contribution < -0.4 is 15.0 Å². The van der Waals surface area contributed by atoms with Crippen LogP contribution in [0.15, 0.2) is 47.3 Å². The van der Waals surface area contributed by atoms with E-state index in [2.05, 4.69) is 0 Å². The highest BCUT2D eigenvalue weighted by atomic mass is 35.5. The van der Waals surface area contributed by atoms with Crippen molar-refractivity contribution in [2.24, 2.45) is 7.05 Å². The van der Waals surface area contributed by atoms with Gasteiger partial charge in [0.1, 0.15) is 0 Å². The van der Waals surface area contributed by atoms with E-state index in [4.69, 9.17) is 21.1 Å². The zero-order valence-corrected chi connectivity index (χ0v) is 13.8. The Bertz CT molecular complexity index is 933. The van der Waals surface area contributed by atoms with Gasteiger partial charge in [-0.1, -0.05) is 41.9 Å². The summed E-state index contributed by atoms with van der Waals surface area (Å²) in [5.41, 5.74) is 1.81. The van der Waals surface area contributed by atoms with E-state index in [-0.39, 0.29) is 5.56 Å². The van der Waals surface area contributed by atoms with E-state index in [1.165, 1.54) is 0 Å². The minimum atomic E-state index is -0.152. The van der Waals surface area contributed by atoms with Gasteiger partial charge in [0, 0.05) is 18.5 Å². The second-order valence-corrected chi connectivity index (χ2v) is 5.52. The maximum atomic E-state index is 12.8. The van der Waals surface area contributed by atoms with E-state index < -0.39 is 0 Å². The van der Waals surface area contributed by atoms with Crippen molar-refractivity contribution in [2.75, 3.05) is 14.2 Å². The van der Waals surface area contributed by atoms with Crippen molar-refractivity contribution in [3.8, 4) is 22.6 Å². The highest BCUT2D eigenvalue weighted by Gasteiger charge is 2.18. The summed E-state index contributed by atoms with van der Waals surface area (Å²) in [5.74, 6) is 1.12. The molecule has 0 aliphatic rings. The number of ether oxygens (including phenoxy) is 2. The van der Waals surface area contributed by atoms with Gasteiger partial charge in [0.2, 0.25) is 0 Å². The number of pyridine rings is 1. The van der Waals surface area contributed by atoms with Gasteiger partial charge >= 0.3 is 0 Å². The lowest BCUT2D eigenvalue weighted by molar-refractivity contribution is 0.355. The minimum absolute atomic E-state index is 0.152. The quantitative estimate of drug-likeness (QED) is 0.732. The van der Waals surface area contributed by atoms with Gasteiger partial charge in [-0.3, -0.25) is 4.79 Å². The van der Waals surface area contributed by atoms with Crippen molar-refractivity contribution < 1.29 is 9.47 Å². The first kappa shape index (κ1) is 15.4. The number of benzene rings is 2. The van der Waals surface area contributed by atoms with E-state index in [0.29, 0.717) is 27.6 Å². The molecule has 0 atom stereocenters. The third kappa shape index (κ3) is 2.45. The van der Waals surface area contributed by atoms with Crippen LogP contribution in [0.4, 0.5) is 0 Å². The van der Waals surface area contributed by atoms with Crippen LogP contribution in [0.1, 0.15) is 0 Å². The van der Waals surface area contributed by atoms with Gasteiger partial charge in [0.05, 0.1) is 30.3 Å². The monoisotopic (exact) mass is 329 g/mol. The smallest absolute Gasteiger partial charge is 0.260 e. The number of hydrogen-bond donors (Lipinski definition) is 0. The molecule has 0 aliphatic carbocycles. The van der Waals surface area contributed by atoms with E-state index >= 15 is 0 Å². The number of fused-ring (bicyclic) bond motifs is 1. The number of nitrogens with zero attached hydrogens (tertiary/aromatic N) is 1. The fourth-order valence-corrected chi connectivity index (χ4v) is 3.02. The lowest BCUT2D eigenvalue weighted by Gasteiger charge is -2.15. The van der Waals surface area contributed by atoms with Crippen LogP contribution in [0.5, 0.6) is 11.5 Å². The number of rotatable bonds is 3. The Labute approximate surface area is 138 Å². The maximum absolute atomic E-state index is 12.8. The van der Waals surface area contributed by atoms with Crippen LogP contribution >= 0.6 is 11.6 Å². The minimum Gasteiger partial charge on any atom is -0.493 e. The maximum Gasteiger partial charge on any atom is 0.260 e. The second-order valence-electron chi connectivity index (χ2n) is 5.14. The van der Waals surface area contributed by atoms with E-state index in [1.807, 2.05) is 30.3 Å².